The van der Waals surface area contributed by atoms with E-state index >= 15 is 0 Å². The molecule has 0 aromatic rings. The summed E-state index contributed by atoms with van der Waals surface area (Å²) >= 11 is 0. The molecular formula is FeO4PS. The predicted molar refractivity (Wildman–Crippen MR) is 17.4 cm³/mol. The van der Waals surface area contributed by atoms with Crippen LogP contribution < -0.4 is 0 Å². The summed E-state index contributed by atoms with van der Waals surface area (Å²) in [4.78, 5) is 0. The average Bonchev–Trinajstić information content (AvgIpc) is 0.722. The van der Waals surface area contributed by atoms with E-state index in [0.717, 1.165) is 0 Å². The van der Waals surface area contributed by atoms with Crippen LogP contribution in [-0.4, -0.2) is 17.5 Å². The first-order valence-corrected chi connectivity index (χ1v) is 2.00. The molecule has 0 aromatic heterocycles. The van der Waals surface area contributed by atoms with Crippen molar-refractivity contribution in [2.24, 2.45) is 0 Å². The fraction of sp³-hybridized carbons (Fsp3) is 0. The standard InChI is InChI=1S/Fe.H2O4S.P/c;1-5(2,3)4;/h;(H2,1,2,3,4);/q+2;;/p-2. The molecule has 0 bridgehead atoms. The summed E-state index contributed by atoms with van der Waals surface area (Å²) in [6.07, 6.45) is 0. The topological polar surface area (TPSA) is 80.3 Å². The molecule has 0 heterocycles. The second kappa shape index (κ2) is 4.97. The van der Waals surface area contributed by atoms with Gasteiger partial charge < -0.3 is 9.11 Å². The third-order valence-electron chi connectivity index (χ3n) is 0. The molecule has 0 rings (SSSR count). The van der Waals surface area contributed by atoms with E-state index in [2.05, 4.69) is 0 Å². The van der Waals surface area contributed by atoms with Crippen molar-refractivity contribution in [3.63, 3.8) is 0 Å². The molecule has 43 valence electrons. The summed E-state index contributed by atoms with van der Waals surface area (Å²) in [7, 11) is -5.17. The van der Waals surface area contributed by atoms with Crippen molar-refractivity contribution >= 4 is 20.3 Å². The zero-order valence-corrected chi connectivity index (χ0v) is 5.66. The largest absolute Gasteiger partial charge is 2.00 e. The number of hydrogen-bond acceptors (Lipinski definition) is 4. The molecule has 3 radical (unpaired) electrons. The second-order valence-electron chi connectivity index (χ2n) is 0.408. The van der Waals surface area contributed by atoms with E-state index in [0.29, 0.717) is 0 Å². The number of hydrogen-bond donors (Lipinski definition) is 0. The Hall–Kier alpha value is 0.819. The summed E-state index contributed by atoms with van der Waals surface area (Å²) in [5.74, 6) is 0. The molecule has 7 heavy (non-hydrogen) atoms. The molecule has 0 unspecified atom stereocenters. The third kappa shape index (κ3) is 236. The quantitative estimate of drug-likeness (QED) is 0.220. The van der Waals surface area contributed by atoms with E-state index in [9.17, 15) is 0 Å². The van der Waals surface area contributed by atoms with Crippen molar-refractivity contribution in [2.75, 3.05) is 0 Å². The van der Waals surface area contributed by atoms with Gasteiger partial charge in [-0.3, -0.25) is 8.42 Å². The molecule has 0 aromatic carbocycles. The van der Waals surface area contributed by atoms with Crippen LogP contribution in [0.25, 0.3) is 0 Å². The molecule has 0 aliphatic heterocycles. The first-order chi connectivity index (χ1) is 2.00. The Bertz CT molecular complexity index is 94.9. The van der Waals surface area contributed by atoms with Gasteiger partial charge in [-0.25, -0.2) is 0 Å². The summed E-state index contributed by atoms with van der Waals surface area (Å²) in [5, 5.41) is 0. The van der Waals surface area contributed by atoms with Gasteiger partial charge in [0.15, 0.2) is 0 Å². The van der Waals surface area contributed by atoms with Crippen molar-refractivity contribution in [3.05, 3.63) is 0 Å². The maximum Gasteiger partial charge on any atom is 2.00 e. The fourth-order valence-electron chi connectivity index (χ4n) is 0. The van der Waals surface area contributed by atoms with E-state index in [-0.39, 0.29) is 27.0 Å². The van der Waals surface area contributed by atoms with Crippen molar-refractivity contribution in [3.8, 4) is 0 Å². The Labute approximate surface area is 55.4 Å². The molecule has 0 spiro atoms. The van der Waals surface area contributed by atoms with Crippen LogP contribution >= 0.6 is 9.90 Å². The third-order valence-corrected chi connectivity index (χ3v) is 0. The number of rotatable bonds is 0. The summed E-state index contributed by atoms with van der Waals surface area (Å²) < 4.78 is 34.1. The fourth-order valence-corrected chi connectivity index (χ4v) is 0. The molecule has 0 saturated heterocycles. The van der Waals surface area contributed by atoms with Crippen LogP contribution in [0.1, 0.15) is 0 Å². The van der Waals surface area contributed by atoms with Crippen LogP contribution in [0.15, 0.2) is 0 Å². The van der Waals surface area contributed by atoms with Crippen LogP contribution in [-0.2, 0) is 27.5 Å². The molecule has 0 saturated carbocycles. The minimum Gasteiger partial charge on any atom is -0.759 e. The van der Waals surface area contributed by atoms with E-state index in [1.165, 1.54) is 0 Å². The zero-order valence-electron chi connectivity index (χ0n) is 2.84. The van der Waals surface area contributed by atoms with E-state index in [1.54, 1.807) is 0 Å². The van der Waals surface area contributed by atoms with Crippen LogP contribution in [0, 0.1) is 0 Å². The summed E-state index contributed by atoms with van der Waals surface area (Å²) in [6, 6.07) is 0. The Morgan fingerprint density at radius 2 is 1.14 bits per heavy atom. The molecule has 4 nitrogen and oxygen atoms in total. The van der Waals surface area contributed by atoms with E-state index in [4.69, 9.17) is 17.5 Å². The Kier molecular flexibility index (Phi) is 11.1. The maximum atomic E-state index is 8.52. The van der Waals surface area contributed by atoms with Crippen LogP contribution in [0.2, 0.25) is 0 Å². The average molecular weight is 183 g/mol. The van der Waals surface area contributed by atoms with E-state index < -0.39 is 10.4 Å². The van der Waals surface area contributed by atoms with Gasteiger partial charge in [0.1, 0.15) is 0 Å². The van der Waals surface area contributed by atoms with Crippen molar-refractivity contribution in [2.45, 2.75) is 0 Å². The van der Waals surface area contributed by atoms with Crippen molar-refractivity contribution in [1.82, 2.24) is 0 Å². The van der Waals surface area contributed by atoms with Gasteiger partial charge in [-0.1, -0.05) is 0 Å². The molecule has 7 heteroatoms. The van der Waals surface area contributed by atoms with E-state index in [1.807, 2.05) is 0 Å². The van der Waals surface area contributed by atoms with Gasteiger partial charge in [-0.15, -0.1) is 0 Å². The molecular weight excluding hydrogens is 183 g/mol. The Balaban J connectivity index is -0.0000000800. The SMILES string of the molecule is O=S(=O)([O-])[O-].[Fe+2].[P]. The van der Waals surface area contributed by atoms with Crippen molar-refractivity contribution < 1.29 is 34.6 Å². The van der Waals surface area contributed by atoms with Gasteiger partial charge in [-0.2, -0.15) is 0 Å². The Morgan fingerprint density at radius 3 is 1.14 bits per heavy atom. The van der Waals surface area contributed by atoms with Gasteiger partial charge in [-0.05, 0) is 0 Å². The molecule has 0 fully saturated rings. The maximum absolute atomic E-state index is 8.52. The smallest absolute Gasteiger partial charge is 0.759 e. The van der Waals surface area contributed by atoms with Gasteiger partial charge >= 0.3 is 17.1 Å². The zero-order chi connectivity index (χ0) is 4.50. The first-order valence-electron chi connectivity index (χ1n) is 0.667. The summed E-state index contributed by atoms with van der Waals surface area (Å²) in [6.45, 7) is 0. The van der Waals surface area contributed by atoms with Gasteiger partial charge in [0, 0.05) is 20.3 Å². The van der Waals surface area contributed by atoms with Gasteiger partial charge in [0.2, 0.25) is 0 Å². The monoisotopic (exact) mass is 183 g/mol. The van der Waals surface area contributed by atoms with Gasteiger partial charge in [0.25, 0.3) is 0 Å². The molecule has 0 N–H and O–H groups in total. The van der Waals surface area contributed by atoms with Crippen LogP contribution in [0.5, 0.6) is 0 Å². The second-order valence-corrected chi connectivity index (χ2v) is 1.22. The minimum atomic E-state index is -5.17. The van der Waals surface area contributed by atoms with Crippen molar-refractivity contribution in [1.29, 1.82) is 0 Å². The molecule has 0 amide bonds. The molecule has 0 aliphatic rings. The predicted octanol–water partition coefficient (Wildman–Crippen LogP) is -0.479. The first kappa shape index (κ1) is 15.7. The molecule has 0 aliphatic carbocycles. The Morgan fingerprint density at radius 1 is 1.14 bits per heavy atom. The minimum absolute atomic E-state index is 0. The van der Waals surface area contributed by atoms with Crippen LogP contribution in [0.3, 0.4) is 0 Å². The molecule has 0 atom stereocenters. The van der Waals surface area contributed by atoms with Crippen LogP contribution in [0.4, 0.5) is 0 Å². The summed E-state index contributed by atoms with van der Waals surface area (Å²) in [5.41, 5.74) is 0. The van der Waals surface area contributed by atoms with Gasteiger partial charge in [0.05, 0.1) is 0 Å². The normalized spacial score (nSPS) is 8.29.